The van der Waals surface area contributed by atoms with Gasteiger partial charge in [0, 0.05) is 43.4 Å². The van der Waals surface area contributed by atoms with Crippen LogP contribution in [-0.2, 0) is 27.3 Å². The lowest BCUT2D eigenvalue weighted by atomic mass is 10.0. The van der Waals surface area contributed by atoms with Crippen molar-refractivity contribution in [2.45, 2.75) is 65.1 Å². The zero-order valence-corrected chi connectivity index (χ0v) is 27.9. The van der Waals surface area contributed by atoms with Gasteiger partial charge in [-0.05, 0) is 55.5 Å². The van der Waals surface area contributed by atoms with Gasteiger partial charge >= 0.3 is 0 Å². The SMILES string of the molecule is COc1ccc2[nH]c(C(=O)N3CCCNC(=O)Cn4nc(C)nc4[C@H](C(C)C)NC(=O)[C@@H](Cc4ccccc4)NC(=O)CCC3)cc2c1. The Bertz CT molecular complexity index is 1750. The van der Waals surface area contributed by atoms with E-state index < -0.39 is 12.1 Å². The van der Waals surface area contributed by atoms with Crippen LogP contribution in [0.25, 0.3) is 10.9 Å². The van der Waals surface area contributed by atoms with Crippen LogP contribution in [0.2, 0.25) is 0 Å². The van der Waals surface area contributed by atoms with Gasteiger partial charge in [-0.25, -0.2) is 9.67 Å². The molecule has 5 rings (SSSR count). The second kappa shape index (κ2) is 15.6. The number of fused-ring (bicyclic) bond motifs is 2. The van der Waals surface area contributed by atoms with Gasteiger partial charge in [0.25, 0.3) is 5.91 Å². The number of rotatable bonds is 5. The summed E-state index contributed by atoms with van der Waals surface area (Å²) in [4.78, 5) is 63.4. The number of ether oxygens (including phenoxy) is 1. The molecular formula is C35H44N8O5. The predicted octanol–water partition coefficient (Wildman–Crippen LogP) is 3.06. The summed E-state index contributed by atoms with van der Waals surface area (Å²) in [6, 6.07) is 15.4. The molecule has 1 aliphatic rings. The van der Waals surface area contributed by atoms with Crippen molar-refractivity contribution in [1.82, 2.24) is 40.6 Å². The van der Waals surface area contributed by atoms with Gasteiger partial charge in [-0.15, -0.1) is 0 Å². The number of methoxy groups -OCH3 is 1. The van der Waals surface area contributed by atoms with Crippen molar-refractivity contribution in [1.29, 1.82) is 0 Å². The fraction of sp³-hybridized carbons (Fsp3) is 0.429. The quantitative estimate of drug-likeness (QED) is 0.257. The lowest BCUT2D eigenvalue weighted by Gasteiger charge is -2.26. The number of aromatic nitrogens is 4. The molecule has 0 radical (unpaired) electrons. The first-order chi connectivity index (χ1) is 23.1. The molecular weight excluding hydrogens is 612 g/mol. The third-order valence-corrected chi connectivity index (χ3v) is 8.38. The fourth-order valence-corrected chi connectivity index (χ4v) is 5.89. The molecule has 254 valence electrons. The number of benzene rings is 2. The smallest absolute Gasteiger partial charge is 0.270 e. The normalized spacial score (nSPS) is 18.8. The van der Waals surface area contributed by atoms with E-state index in [2.05, 4.69) is 31.0 Å². The van der Waals surface area contributed by atoms with Crippen molar-refractivity contribution in [2.24, 2.45) is 5.92 Å². The van der Waals surface area contributed by atoms with Crippen molar-refractivity contribution in [3.63, 3.8) is 0 Å². The average molecular weight is 657 g/mol. The molecule has 0 aliphatic carbocycles. The first kappa shape index (κ1) is 34.1. The summed E-state index contributed by atoms with van der Waals surface area (Å²) in [5, 5.41) is 14.2. The van der Waals surface area contributed by atoms with Crippen LogP contribution in [0.3, 0.4) is 0 Å². The monoisotopic (exact) mass is 656 g/mol. The Morgan fingerprint density at radius 1 is 1.00 bits per heavy atom. The summed E-state index contributed by atoms with van der Waals surface area (Å²) >= 11 is 0. The van der Waals surface area contributed by atoms with Crippen LogP contribution < -0.4 is 20.7 Å². The molecule has 13 nitrogen and oxygen atoms in total. The van der Waals surface area contributed by atoms with Gasteiger partial charge in [-0.2, -0.15) is 5.10 Å². The maximum absolute atomic E-state index is 13.8. The molecule has 2 aromatic heterocycles. The standard InChI is InChI=1S/C35H44N8O5/c1-22(2)32-33-37-23(3)41-43(33)21-31(45)36-15-9-17-42(35(47)29-20-25-19-26(48-4)13-14-27(25)38-29)16-8-12-30(44)39-28(34(46)40-32)18-24-10-6-5-7-11-24/h5-7,10-11,13-14,19-20,22,28,32,38H,8-9,12,15-18,21H2,1-4H3,(H,36,45)(H,39,44)(H,40,46)/t28-,32+/m1/s1. The van der Waals surface area contributed by atoms with Crippen LogP contribution in [0, 0.1) is 12.8 Å². The number of nitrogens with zero attached hydrogens (tertiary/aromatic N) is 4. The number of amides is 4. The molecule has 3 heterocycles. The van der Waals surface area contributed by atoms with Gasteiger partial charge in [0.1, 0.15) is 29.9 Å². The molecule has 0 bridgehead atoms. The minimum atomic E-state index is -0.859. The maximum atomic E-state index is 13.8. The Labute approximate surface area is 279 Å². The number of carbonyl (C=O) groups excluding carboxylic acids is 4. The fourth-order valence-electron chi connectivity index (χ4n) is 5.89. The summed E-state index contributed by atoms with van der Waals surface area (Å²) in [5.41, 5.74) is 2.12. The van der Waals surface area contributed by atoms with Gasteiger partial charge in [-0.1, -0.05) is 44.2 Å². The molecule has 2 aromatic carbocycles. The molecule has 1 aliphatic heterocycles. The number of nitrogens with one attached hydrogen (secondary N) is 4. The number of H-pyrrole nitrogens is 1. The second-order valence-electron chi connectivity index (χ2n) is 12.5. The Balaban J connectivity index is 1.39. The minimum absolute atomic E-state index is 0.0825. The summed E-state index contributed by atoms with van der Waals surface area (Å²) in [7, 11) is 1.59. The molecule has 4 aromatic rings. The minimum Gasteiger partial charge on any atom is -0.497 e. The van der Waals surface area contributed by atoms with Gasteiger partial charge in [-0.3, -0.25) is 19.2 Å². The number of aromatic amines is 1. The van der Waals surface area contributed by atoms with Gasteiger partial charge in [0.15, 0.2) is 5.82 Å². The van der Waals surface area contributed by atoms with E-state index in [1.54, 1.807) is 25.0 Å². The highest BCUT2D eigenvalue weighted by Gasteiger charge is 2.30. The highest BCUT2D eigenvalue weighted by atomic mass is 16.5. The van der Waals surface area contributed by atoms with Crippen molar-refractivity contribution in [2.75, 3.05) is 26.7 Å². The zero-order chi connectivity index (χ0) is 34.2. The largest absolute Gasteiger partial charge is 0.497 e. The van der Waals surface area contributed by atoms with E-state index in [9.17, 15) is 19.2 Å². The predicted molar refractivity (Wildman–Crippen MR) is 180 cm³/mol. The third kappa shape index (κ3) is 8.58. The topological polar surface area (TPSA) is 163 Å². The van der Waals surface area contributed by atoms with E-state index in [0.29, 0.717) is 55.6 Å². The number of carbonyl (C=O) groups is 4. The van der Waals surface area contributed by atoms with Crippen LogP contribution in [0.15, 0.2) is 54.6 Å². The van der Waals surface area contributed by atoms with Crippen molar-refractivity contribution in [3.8, 4) is 5.75 Å². The highest BCUT2D eigenvalue weighted by molar-refractivity contribution is 5.98. The molecule has 0 unspecified atom stereocenters. The first-order valence-corrected chi connectivity index (χ1v) is 16.4. The van der Waals surface area contributed by atoms with Crippen molar-refractivity contribution >= 4 is 34.5 Å². The van der Waals surface area contributed by atoms with E-state index in [-0.39, 0.29) is 48.9 Å². The van der Waals surface area contributed by atoms with E-state index in [1.165, 1.54) is 4.68 Å². The van der Waals surface area contributed by atoms with Crippen LogP contribution in [0.1, 0.15) is 66.9 Å². The van der Waals surface area contributed by atoms with Gasteiger partial charge in [0.2, 0.25) is 17.7 Å². The number of hydrogen-bond donors (Lipinski definition) is 4. The van der Waals surface area contributed by atoms with E-state index in [4.69, 9.17) is 4.74 Å². The van der Waals surface area contributed by atoms with Crippen LogP contribution in [0.4, 0.5) is 0 Å². The molecule has 13 heteroatoms. The van der Waals surface area contributed by atoms with Crippen LogP contribution in [0.5, 0.6) is 5.75 Å². The number of aryl methyl sites for hydroxylation is 1. The van der Waals surface area contributed by atoms with Crippen LogP contribution in [-0.4, -0.2) is 81.1 Å². The maximum Gasteiger partial charge on any atom is 0.270 e. The molecule has 48 heavy (non-hydrogen) atoms. The lowest BCUT2D eigenvalue weighted by Crippen LogP contribution is -2.50. The second-order valence-corrected chi connectivity index (χ2v) is 12.5. The molecule has 0 saturated heterocycles. The Hall–Kier alpha value is -5.20. The molecule has 2 atom stereocenters. The number of hydrogen-bond acceptors (Lipinski definition) is 7. The Morgan fingerprint density at radius 2 is 1.77 bits per heavy atom. The summed E-state index contributed by atoms with van der Waals surface area (Å²) < 4.78 is 6.84. The summed E-state index contributed by atoms with van der Waals surface area (Å²) in [6.07, 6.45) is 1.29. The zero-order valence-electron chi connectivity index (χ0n) is 27.9. The van der Waals surface area contributed by atoms with Crippen molar-refractivity contribution in [3.05, 3.63) is 77.5 Å². The Morgan fingerprint density at radius 3 is 2.52 bits per heavy atom. The summed E-state index contributed by atoms with van der Waals surface area (Å²) in [5.74, 6) is 0.419. The van der Waals surface area contributed by atoms with Crippen molar-refractivity contribution < 1.29 is 23.9 Å². The third-order valence-electron chi connectivity index (χ3n) is 8.38. The molecule has 0 fully saturated rings. The van der Waals surface area contributed by atoms with E-state index in [0.717, 1.165) is 16.5 Å². The Kier molecular flexibility index (Phi) is 11.1. The van der Waals surface area contributed by atoms with Gasteiger partial charge < -0.3 is 30.6 Å². The molecule has 4 amide bonds. The molecule has 0 saturated carbocycles. The van der Waals surface area contributed by atoms with E-state index in [1.807, 2.05) is 62.4 Å². The molecule has 4 N–H and O–H groups in total. The highest BCUT2D eigenvalue weighted by Crippen LogP contribution is 2.23. The molecule has 0 spiro atoms. The van der Waals surface area contributed by atoms with Gasteiger partial charge in [0.05, 0.1) is 13.2 Å². The lowest BCUT2D eigenvalue weighted by molar-refractivity contribution is -0.129. The average Bonchev–Trinajstić information content (AvgIpc) is 3.66. The van der Waals surface area contributed by atoms with Crippen LogP contribution >= 0.6 is 0 Å². The van der Waals surface area contributed by atoms with E-state index >= 15 is 0 Å². The first-order valence-electron chi connectivity index (χ1n) is 16.4. The summed E-state index contributed by atoms with van der Waals surface area (Å²) in [6.45, 7) is 6.57.